The van der Waals surface area contributed by atoms with E-state index in [1.165, 1.54) is 51.1 Å². The van der Waals surface area contributed by atoms with Gasteiger partial charge in [0.1, 0.15) is 49.6 Å². The van der Waals surface area contributed by atoms with E-state index in [1.807, 2.05) is 12.1 Å². The number of likely N-dealkylation sites (N-methyl/N-ethyl adjacent to an activating group) is 1. The maximum Gasteiger partial charge on any atom is 0.132 e. The molecule has 120 valence electrons. The molecular formula is C19H26N4+2. The van der Waals surface area contributed by atoms with Crippen molar-refractivity contribution in [3.8, 4) is 12.1 Å². The number of piperazine rings is 1. The minimum Gasteiger partial charge on any atom is -0.326 e. The van der Waals surface area contributed by atoms with Gasteiger partial charge in [-0.25, -0.2) is 0 Å². The Bertz CT molecular complexity index is 617. The highest BCUT2D eigenvalue weighted by atomic mass is 15.3. The van der Waals surface area contributed by atoms with E-state index in [0.29, 0.717) is 11.5 Å². The predicted molar refractivity (Wildman–Crippen MR) is 88.3 cm³/mol. The van der Waals surface area contributed by atoms with Gasteiger partial charge in [-0.3, -0.25) is 4.90 Å². The Hall–Kier alpha value is -1.88. The third-order valence-electron chi connectivity index (χ3n) is 5.74. The third kappa shape index (κ3) is 3.39. The van der Waals surface area contributed by atoms with Crippen LogP contribution in [0.4, 0.5) is 0 Å². The smallest absolute Gasteiger partial charge is 0.132 e. The molecule has 0 saturated carbocycles. The molecule has 3 rings (SSSR count). The monoisotopic (exact) mass is 310 g/mol. The van der Waals surface area contributed by atoms with Crippen LogP contribution in [0.1, 0.15) is 32.6 Å². The zero-order valence-electron chi connectivity index (χ0n) is 14.0. The highest BCUT2D eigenvalue weighted by molar-refractivity contribution is 5.49. The molecule has 4 heteroatoms. The summed E-state index contributed by atoms with van der Waals surface area (Å²) in [6.45, 7) is 8.51. The van der Waals surface area contributed by atoms with Crippen molar-refractivity contribution in [3.05, 3.63) is 34.6 Å². The molecule has 0 spiro atoms. The van der Waals surface area contributed by atoms with E-state index >= 15 is 0 Å². The highest BCUT2D eigenvalue weighted by Gasteiger charge is 2.30. The fourth-order valence-electron chi connectivity index (χ4n) is 4.19. The quantitative estimate of drug-likeness (QED) is 0.713. The Morgan fingerprint density at radius 2 is 1.78 bits per heavy atom. The van der Waals surface area contributed by atoms with Crippen LogP contribution in [-0.2, 0) is 0 Å². The number of nitriles is 2. The zero-order chi connectivity index (χ0) is 16.2. The van der Waals surface area contributed by atoms with Gasteiger partial charge in [0.05, 0.1) is 6.54 Å². The van der Waals surface area contributed by atoms with Gasteiger partial charge in [-0.15, -0.1) is 0 Å². The van der Waals surface area contributed by atoms with E-state index in [4.69, 9.17) is 10.5 Å². The van der Waals surface area contributed by atoms with Crippen molar-refractivity contribution >= 4 is 0 Å². The van der Waals surface area contributed by atoms with Gasteiger partial charge >= 0.3 is 0 Å². The van der Waals surface area contributed by atoms with Crippen LogP contribution >= 0.6 is 0 Å². The van der Waals surface area contributed by atoms with E-state index < -0.39 is 0 Å². The van der Waals surface area contributed by atoms with Gasteiger partial charge in [0.2, 0.25) is 0 Å². The number of hydrogen-bond acceptors (Lipinski definition) is 2. The lowest BCUT2D eigenvalue weighted by molar-refractivity contribution is -0.995. The third-order valence-corrected chi connectivity index (χ3v) is 5.74. The average Bonchev–Trinajstić information content (AvgIpc) is 2.62. The van der Waals surface area contributed by atoms with E-state index in [1.54, 1.807) is 15.5 Å². The van der Waals surface area contributed by atoms with Crippen LogP contribution in [0.3, 0.4) is 0 Å². The molecule has 2 aliphatic carbocycles. The summed E-state index contributed by atoms with van der Waals surface area (Å²) in [7, 11) is 0. The van der Waals surface area contributed by atoms with Crippen LogP contribution in [-0.4, -0.2) is 32.7 Å². The molecule has 0 unspecified atom stereocenters. The first kappa shape index (κ1) is 16.0. The maximum absolute atomic E-state index is 9.10. The van der Waals surface area contributed by atoms with Crippen molar-refractivity contribution in [1.29, 1.82) is 10.5 Å². The first-order valence-corrected chi connectivity index (χ1v) is 8.89. The van der Waals surface area contributed by atoms with Crippen molar-refractivity contribution in [3.63, 3.8) is 0 Å². The van der Waals surface area contributed by atoms with Gasteiger partial charge in [-0.2, -0.15) is 10.5 Å². The molecular weight excluding hydrogens is 284 g/mol. The first-order valence-electron chi connectivity index (χ1n) is 8.89. The van der Waals surface area contributed by atoms with E-state index in [2.05, 4.69) is 19.1 Å². The second kappa shape index (κ2) is 7.13. The van der Waals surface area contributed by atoms with Crippen molar-refractivity contribution in [2.24, 2.45) is 5.92 Å². The number of nitrogens with zero attached hydrogens (tertiary/aromatic N) is 2. The van der Waals surface area contributed by atoms with Crippen molar-refractivity contribution < 1.29 is 9.80 Å². The van der Waals surface area contributed by atoms with Gasteiger partial charge < -0.3 is 4.90 Å². The number of nitrogens with one attached hydrogen (secondary N) is 2. The highest BCUT2D eigenvalue weighted by Crippen LogP contribution is 2.36. The first-order chi connectivity index (χ1) is 11.2. The minimum absolute atomic E-state index is 0.295. The van der Waals surface area contributed by atoms with Gasteiger partial charge in [0, 0.05) is 6.42 Å². The molecule has 2 N–H and O–H groups in total. The largest absolute Gasteiger partial charge is 0.326 e. The molecule has 1 atom stereocenters. The molecule has 0 bridgehead atoms. The molecule has 1 heterocycles. The van der Waals surface area contributed by atoms with Crippen LogP contribution in [0.5, 0.6) is 0 Å². The lowest BCUT2D eigenvalue weighted by Crippen LogP contribution is -3.27. The molecule has 3 aliphatic rings. The van der Waals surface area contributed by atoms with Crippen molar-refractivity contribution in [2.45, 2.75) is 32.6 Å². The molecule has 0 radical (unpaired) electrons. The summed E-state index contributed by atoms with van der Waals surface area (Å²) in [6.07, 6.45) is 8.91. The standard InChI is InChI=1S/C19H24N4/c1-2-22-7-9-23(10-8-22)19-6-5-15-3-4-16(11-17(15)12-19)18(13-20)14-21/h11-12,15H,2-10H2,1H3/p+2/t15-/m1/s1. The molecule has 1 saturated heterocycles. The summed E-state index contributed by atoms with van der Waals surface area (Å²) in [5.41, 5.74) is 4.13. The maximum atomic E-state index is 9.10. The molecule has 4 nitrogen and oxygen atoms in total. The van der Waals surface area contributed by atoms with Gasteiger partial charge in [0.25, 0.3) is 0 Å². The molecule has 1 fully saturated rings. The van der Waals surface area contributed by atoms with Crippen LogP contribution < -0.4 is 9.80 Å². The number of allylic oxidation sites excluding steroid dienone is 6. The summed E-state index contributed by atoms with van der Waals surface area (Å²) in [6, 6.07) is 4.10. The second-order valence-electron chi connectivity index (χ2n) is 6.92. The lowest BCUT2D eigenvalue weighted by Gasteiger charge is -2.34. The molecule has 1 aliphatic heterocycles. The summed E-state index contributed by atoms with van der Waals surface area (Å²) in [5, 5.41) is 18.2. The topological polar surface area (TPSA) is 56.5 Å². The lowest BCUT2D eigenvalue weighted by atomic mass is 9.77. The minimum atomic E-state index is 0.295. The fourth-order valence-corrected chi connectivity index (χ4v) is 4.19. The van der Waals surface area contributed by atoms with Gasteiger partial charge in [-0.05, 0) is 49.3 Å². The van der Waals surface area contributed by atoms with Crippen LogP contribution in [0.15, 0.2) is 34.6 Å². The Morgan fingerprint density at radius 3 is 2.43 bits per heavy atom. The Balaban J connectivity index is 1.80. The Labute approximate surface area is 139 Å². The average molecular weight is 310 g/mol. The van der Waals surface area contributed by atoms with Gasteiger partial charge in [-0.1, -0.05) is 6.08 Å². The van der Waals surface area contributed by atoms with Crippen molar-refractivity contribution in [2.75, 3.05) is 32.7 Å². The molecule has 0 aromatic carbocycles. The van der Waals surface area contributed by atoms with Crippen LogP contribution in [0.2, 0.25) is 0 Å². The van der Waals surface area contributed by atoms with Crippen LogP contribution in [0, 0.1) is 28.6 Å². The Kier molecular flexibility index (Phi) is 4.96. The summed E-state index contributed by atoms with van der Waals surface area (Å²) in [5.74, 6) is 0.628. The van der Waals surface area contributed by atoms with E-state index in [0.717, 1.165) is 18.4 Å². The molecule has 0 aromatic heterocycles. The number of rotatable bonds is 2. The summed E-state index contributed by atoms with van der Waals surface area (Å²) >= 11 is 0. The van der Waals surface area contributed by atoms with Gasteiger partial charge in [0.15, 0.2) is 0 Å². The van der Waals surface area contributed by atoms with Crippen LogP contribution in [0.25, 0.3) is 0 Å². The number of quaternary nitrogens is 2. The molecule has 0 aromatic rings. The van der Waals surface area contributed by atoms with E-state index in [-0.39, 0.29) is 0 Å². The normalized spacial score (nSPS) is 30.4. The summed E-state index contributed by atoms with van der Waals surface area (Å²) < 4.78 is 0. The molecule has 23 heavy (non-hydrogen) atoms. The van der Waals surface area contributed by atoms with Crippen molar-refractivity contribution in [1.82, 2.24) is 0 Å². The van der Waals surface area contributed by atoms with E-state index in [9.17, 15) is 0 Å². The summed E-state index contributed by atoms with van der Waals surface area (Å²) in [4.78, 5) is 3.37. The Morgan fingerprint density at radius 1 is 1.09 bits per heavy atom. The second-order valence-corrected chi connectivity index (χ2v) is 6.92. The number of fused-ring (bicyclic) bond motifs is 1. The zero-order valence-corrected chi connectivity index (χ0v) is 14.0. The SMILES string of the molecule is CC[NH+]1CC[NH+](C2=CC3=CC(=C(C#N)C#N)CC[C@@H]3CC2)CC1. The number of hydrogen-bond donors (Lipinski definition) is 2. The fraction of sp³-hybridized carbons (Fsp3) is 0.579. The molecule has 0 amide bonds. The predicted octanol–water partition coefficient (Wildman–Crippen LogP) is 0.148.